The Balaban J connectivity index is 1.25. The van der Waals surface area contributed by atoms with E-state index in [2.05, 4.69) is 39.5 Å². The van der Waals surface area contributed by atoms with E-state index in [-0.39, 0.29) is 5.91 Å². The number of esters is 1. The Morgan fingerprint density at radius 3 is 2.71 bits per heavy atom. The Labute approximate surface area is 222 Å². The molecule has 1 unspecified atom stereocenters. The minimum atomic E-state index is -0.486. The van der Waals surface area contributed by atoms with E-state index in [1.807, 2.05) is 30.6 Å². The van der Waals surface area contributed by atoms with Crippen LogP contribution in [0.2, 0.25) is 0 Å². The van der Waals surface area contributed by atoms with E-state index in [0.29, 0.717) is 28.5 Å². The molecule has 5 rings (SSSR count). The molecule has 1 amide bonds. The molecule has 7 heteroatoms. The number of pyridine rings is 1. The van der Waals surface area contributed by atoms with Gasteiger partial charge >= 0.3 is 5.97 Å². The summed E-state index contributed by atoms with van der Waals surface area (Å²) in [7, 11) is 2.90. The van der Waals surface area contributed by atoms with Crippen LogP contribution in [-0.4, -0.2) is 49.1 Å². The summed E-state index contributed by atoms with van der Waals surface area (Å²) in [6.45, 7) is 2.85. The Morgan fingerprint density at radius 2 is 1.87 bits per heavy atom. The number of ether oxygens (including phenoxy) is 2. The molecule has 1 aliphatic rings. The first-order valence-corrected chi connectivity index (χ1v) is 12.7. The van der Waals surface area contributed by atoms with Crippen LogP contribution in [0, 0.1) is 5.92 Å². The molecule has 0 saturated carbocycles. The van der Waals surface area contributed by atoms with Gasteiger partial charge < -0.3 is 14.8 Å². The molecular formula is C31H31N3O4. The highest BCUT2D eigenvalue weighted by Crippen LogP contribution is 2.29. The number of anilines is 1. The fourth-order valence-electron chi connectivity index (χ4n) is 5.21. The quantitative estimate of drug-likeness (QED) is 0.323. The third-order valence-corrected chi connectivity index (χ3v) is 7.11. The average molecular weight is 510 g/mol. The van der Waals surface area contributed by atoms with Gasteiger partial charge in [0.2, 0.25) is 0 Å². The lowest BCUT2D eigenvalue weighted by Gasteiger charge is -2.18. The van der Waals surface area contributed by atoms with Gasteiger partial charge in [-0.25, -0.2) is 4.79 Å². The van der Waals surface area contributed by atoms with Crippen LogP contribution in [0.1, 0.15) is 38.3 Å². The van der Waals surface area contributed by atoms with Gasteiger partial charge in [-0.2, -0.15) is 0 Å². The molecule has 1 aliphatic heterocycles. The molecule has 0 bridgehead atoms. The number of benzene rings is 3. The number of nitrogens with one attached hydrogen (secondary N) is 1. The number of nitrogens with zero attached hydrogens (tertiary/aromatic N) is 2. The van der Waals surface area contributed by atoms with Crippen molar-refractivity contribution >= 4 is 28.3 Å². The number of methoxy groups -OCH3 is 2. The summed E-state index contributed by atoms with van der Waals surface area (Å²) in [5, 5.41) is 5.42. The predicted molar refractivity (Wildman–Crippen MR) is 148 cm³/mol. The zero-order valence-corrected chi connectivity index (χ0v) is 21.6. The summed E-state index contributed by atoms with van der Waals surface area (Å²) in [6, 6.07) is 20.9. The molecular weight excluding hydrogens is 478 g/mol. The van der Waals surface area contributed by atoms with E-state index in [9.17, 15) is 9.59 Å². The molecule has 1 atom stereocenters. The topological polar surface area (TPSA) is 80.8 Å². The standard InChI is InChI=1S/C31H31N3O4/c1-37-29-10-9-21(16-28(29)33-30(35)24-6-4-7-25(17-24)31(36)38-2)19-34-14-12-22(20-34)15-23-5-3-8-26-18-32-13-11-27(23)26/h3-11,13,16-18,22H,12,14-15,19-20H2,1-2H3,(H,33,35). The largest absolute Gasteiger partial charge is 0.495 e. The Morgan fingerprint density at radius 1 is 1.03 bits per heavy atom. The number of hydrogen-bond donors (Lipinski definition) is 1. The SMILES string of the molecule is COC(=O)c1cccc(C(=O)Nc2cc(CN3CCC(Cc4cccc5cnccc45)C3)ccc2OC)c1. The van der Waals surface area contributed by atoms with Gasteiger partial charge in [0, 0.05) is 36.4 Å². The van der Waals surface area contributed by atoms with Gasteiger partial charge in [0.1, 0.15) is 5.75 Å². The van der Waals surface area contributed by atoms with Crippen molar-refractivity contribution in [1.29, 1.82) is 0 Å². The highest BCUT2D eigenvalue weighted by atomic mass is 16.5. The number of rotatable bonds is 8. The molecule has 194 valence electrons. The molecule has 1 saturated heterocycles. The van der Waals surface area contributed by atoms with Crippen molar-refractivity contribution in [2.45, 2.75) is 19.4 Å². The highest BCUT2D eigenvalue weighted by Gasteiger charge is 2.24. The fraction of sp³-hybridized carbons (Fsp3) is 0.258. The number of amides is 1. The highest BCUT2D eigenvalue weighted by molar-refractivity contribution is 6.06. The van der Waals surface area contributed by atoms with Gasteiger partial charge in [-0.05, 0) is 78.2 Å². The van der Waals surface area contributed by atoms with Gasteiger partial charge in [-0.3, -0.25) is 14.7 Å². The monoisotopic (exact) mass is 509 g/mol. The van der Waals surface area contributed by atoms with E-state index in [1.165, 1.54) is 29.5 Å². The molecule has 0 aliphatic carbocycles. The minimum absolute atomic E-state index is 0.322. The fourth-order valence-corrected chi connectivity index (χ4v) is 5.21. The molecule has 1 N–H and O–H groups in total. The van der Waals surface area contributed by atoms with E-state index in [1.54, 1.807) is 25.3 Å². The van der Waals surface area contributed by atoms with Crippen molar-refractivity contribution in [3.63, 3.8) is 0 Å². The van der Waals surface area contributed by atoms with Crippen molar-refractivity contribution in [3.05, 3.63) is 101 Å². The van der Waals surface area contributed by atoms with Gasteiger partial charge in [0.25, 0.3) is 5.91 Å². The minimum Gasteiger partial charge on any atom is -0.495 e. The van der Waals surface area contributed by atoms with Gasteiger partial charge in [-0.15, -0.1) is 0 Å². The first-order chi connectivity index (χ1) is 18.5. The van der Waals surface area contributed by atoms with E-state index in [0.717, 1.165) is 38.0 Å². The number of carbonyl (C=O) groups excluding carboxylic acids is 2. The number of fused-ring (bicyclic) bond motifs is 1. The lowest BCUT2D eigenvalue weighted by Crippen LogP contribution is -2.21. The molecule has 2 heterocycles. The average Bonchev–Trinajstić information content (AvgIpc) is 3.39. The summed E-state index contributed by atoms with van der Waals surface area (Å²) < 4.78 is 10.3. The molecule has 0 spiro atoms. The second-order valence-electron chi connectivity index (χ2n) is 9.67. The van der Waals surface area contributed by atoms with Gasteiger partial charge in [-0.1, -0.05) is 30.3 Å². The Hall–Kier alpha value is -4.23. The zero-order chi connectivity index (χ0) is 26.5. The van der Waals surface area contributed by atoms with Crippen LogP contribution in [0.15, 0.2) is 79.1 Å². The van der Waals surface area contributed by atoms with E-state index < -0.39 is 5.97 Å². The van der Waals surface area contributed by atoms with Crippen molar-refractivity contribution in [1.82, 2.24) is 9.88 Å². The van der Waals surface area contributed by atoms with Crippen LogP contribution in [0.5, 0.6) is 5.75 Å². The maximum Gasteiger partial charge on any atom is 0.337 e. The molecule has 38 heavy (non-hydrogen) atoms. The molecule has 3 aromatic carbocycles. The van der Waals surface area contributed by atoms with Gasteiger partial charge in [0.05, 0.1) is 25.5 Å². The molecule has 1 aromatic heterocycles. The van der Waals surface area contributed by atoms with Crippen molar-refractivity contribution < 1.29 is 19.1 Å². The first kappa shape index (κ1) is 25.4. The number of likely N-dealkylation sites (tertiary alicyclic amines) is 1. The normalized spacial score (nSPS) is 15.4. The summed E-state index contributed by atoms with van der Waals surface area (Å²) in [4.78, 5) is 31.6. The van der Waals surface area contributed by atoms with Gasteiger partial charge in [0.15, 0.2) is 0 Å². The van der Waals surface area contributed by atoms with Crippen molar-refractivity contribution in [3.8, 4) is 5.75 Å². The van der Waals surface area contributed by atoms with Crippen LogP contribution in [0.4, 0.5) is 5.69 Å². The predicted octanol–water partition coefficient (Wildman–Crippen LogP) is 5.35. The zero-order valence-electron chi connectivity index (χ0n) is 21.6. The molecule has 7 nitrogen and oxygen atoms in total. The van der Waals surface area contributed by atoms with E-state index in [4.69, 9.17) is 9.47 Å². The van der Waals surface area contributed by atoms with Crippen LogP contribution in [0.3, 0.4) is 0 Å². The smallest absolute Gasteiger partial charge is 0.337 e. The maximum absolute atomic E-state index is 13.0. The Kier molecular flexibility index (Phi) is 7.65. The summed E-state index contributed by atoms with van der Waals surface area (Å²) in [5.41, 5.74) is 3.76. The third-order valence-electron chi connectivity index (χ3n) is 7.11. The molecule has 0 radical (unpaired) electrons. The molecule has 1 fully saturated rings. The number of aromatic nitrogens is 1. The summed E-state index contributed by atoms with van der Waals surface area (Å²) >= 11 is 0. The molecule has 4 aromatic rings. The van der Waals surface area contributed by atoms with Crippen molar-refractivity contribution in [2.24, 2.45) is 5.92 Å². The summed E-state index contributed by atoms with van der Waals surface area (Å²) in [5.74, 6) is 0.363. The van der Waals surface area contributed by atoms with Crippen molar-refractivity contribution in [2.75, 3.05) is 32.6 Å². The third kappa shape index (κ3) is 5.68. The van der Waals surface area contributed by atoms with Crippen LogP contribution in [0.25, 0.3) is 10.8 Å². The maximum atomic E-state index is 13.0. The number of hydrogen-bond acceptors (Lipinski definition) is 6. The second-order valence-corrected chi connectivity index (χ2v) is 9.67. The first-order valence-electron chi connectivity index (χ1n) is 12.7. The van der Waals surface area contributed by atoms with Crippen LogP contribution >= 0.6 is 0 Å². The summed E-state index contributed by atoms with van der Waals surface area (Å²) in [6.07, 6.45) is 5.99. The second kappa shape index (κ2) is 11.4. The van der Waals surface area contributed by atoms with Crippen LogP contribution < -0.4 is 10.1 Å². The lowest BCUT2D eigenvalue weighted by molar-refractivity contribution is 0.0600. The Bertz CT molecular complexity index is 1460. The number of carbonyl (C=O) groups is 2. The van der Waals surface area contributed by atoms with E-state index >= 15 is 0 Å². The van der Waals surface area contributed by atoms with Crippen LogP contribution in [-0.2, 0) is 17.7 Å². The lowest BCUT2D eigenvalue weighted by atomic mass is 9.95.